The average Bonchev–Trinajstić information content (AvgIpc) is 2.71. The number of rotatable bonds is 3. The molecule has 0 aliphatic heterocycles. The van der Waals surface area contributed by atoms with E-state index in [2.05, 4.69) is 10.3 Å². The molecule has 0 unspecified atom stereocenters. The zero-order valence-electron chi connectivity index (χ0n) is 9.54. The normalized spacial score (nSPS) is 12.3. The van der Waals surface area contributed by atoms with Crippen molar-refractivity contribution in [2.45, 2.75) is 13.0 Å². The number of carboxylic acids is 1. The maximum Gasteiger partial charge on any atom is 0.360 e. The van der Waals surface area contributed by atoms with Gasteiger partial charge < -0.3 is 10.8 Å². The van der Waals surface area contributed by atoms with Crippen molar-refractivity contribution in [2.75, 3.05) is 5.73 Å². The molecule has 0 aliphatic carbocycles. The van der Waals surface area contributed by atoms with Gasteiger partial charge in [-0.3, -0.25) is 0 Å². The van der Waals surface area contributed by atoms with Crippen molar-refractivity contribution in [3.05, 3.63) is 40.5 Å². The molecule has 0 bridgehead atoms. The predicted octanol–water partition coefficient (Wildman–Crippen LogP) is 1.82. The molecule has 1 atom stereocenters. The number of carbonyl (C=O) groups is 1. The lowest BCUT2D eigenvalue weighted by Gasteiger charge is -2.13. The Morgan fingerprint density at radius 1 is 1.44 bits per heavy atom. The van der Waals surface area contributed by atoms with E-state index < -0.39 is 5.97 Å². The lowest BCUT2D eigenvalue weighted by Crippen LogP contribution is -2.12. The predicted molar refractivity (Wildman–Crippen MR) is 66.7 cm³/mol. The third-order valence-electron chi connectivity index (χ3n) is 2.65. The van der Waals surface area contributed by atoms with Crippen LogP contribution in [0.1, 0.15) is 29.0 Å². The van der Waals surface area contributed by atoms with E-state index in [0.29, 0.717) is 5.02 Å². The summed E-state index contributed by atoms with van der Waals surface area (Å²) < 4.78 is 1.37. The number of carboxylic acid groups (broad SMARTS) is 1. The van der Waals surface area contributed by atoms with Crippen molar-refractivity contribution in [3.8, 4) is 0 Å². The number of anilines is 1. The van der Waals surface area contributed by atoms with Crippen molar-refractivity contribution in [1.82, 2.24) is 15.0 Å². The van der Waals surface area contributed by atoms with E-state index in [-0.39, 0.29) is 17.6 Å². The molecule has 3 N–H and O–H groups in total. The van der Waals surface area contributed by atoms with Gasteiger partial charge in [0.15, 0.2) is 5.82 Å². The fourth-order valence-corrected chi connectivity index (χ4v) is 1.75. The Morgan fingerprint density at radius 3 is 2.56 bits per heavy atom. The summed E-state index contributed by atoms with van der Waals surface area (Å²) in [4.78, 5) is 10.8. The zero-order chi connectivity index (χ0) is 13.3. The molecular weight excluding hydrogens is 256 g/mol. The lowest BCUT2D eigenvalue weighted by molar-refractivity contribution is 0.0691. The van der Waals surface area contributed by atoms with Crippen LogP contribution in [0.15, 0.2) is 24.3 Å². The van der Waals surface area contributed by atoms with Gasteiger partial charge in [0, 0.05) is 5.02 Å². The van der Waals surface area contributed by atoms with Crippen LogP contribution in [0.25, 0.3) is 0 Å². The standard InChI is InChI=1S/C11H11ClN4O2/c1-6(7-2-4-8(12)5-3-7)16-10(13)9(11(17)18)14-15-16/h2-6H,13H2,1H3,(H,17,18)/t6-/m0/s1. The maximum atomic E-state index is 10.8. The summed E-state index contributed by atoms with van der Waals surface area (Å²) in [6.45, 7) is 1.85. The van der Waals surface area contributed by atoms with Crippen LogP contribution < -0.4 is 5.73 Å². The first kappa shape index (κ1) is 12.4. The van der Waals surface area contributed by atoms with Gasteiger partial charge in [-0.05, 0) is 24.6 Å². The summed E-state index contributed by atoms with van der Waals surface area (Å²) in [5.41, 5.74) is 6.37. The zero-order valence-corrected chi connectivity index (χ0v) is 10.3. The van der Waals surface area contributed by atoms with Gasteiger partial charge in [-0.1, -0.05) is 28.9 Å². The Hall–Kier alpha value is -2.08. The number of hydrogen-bond donors (Lipinski definition) is 2. The Bertz CT molecular complexity index is 579. The van der Waals surface area contributed by atoms with Gasteiger partial charge in [0.25, 0.3) is 0 Å². The summed E-state index contributed by atoms with van der Waals surface area (Å²) in [6.07, 6.45) is 0. The second-order valence-corrected chi connectivity index (χ2v) is 4.24. The van der Waals surface area contributed by atoms with Crippen molar-refractivity contribution < 1.29 is 9.90 Å². The molecule has 1 aromatic carbocycles. The van der Waals surface area contributed by atoms with Gasteiger partial charge in [0.1, 0.15) is 0 Å². The minimum atomic E-state index is -1.19. The van der Waals surface area contributed by atoms with Gasteiger partial charge in [-0.15, -0.1) is 5.10 Å². The molecule has 0 saturated heterocycles. The molecule has 0 amide bonds. The number of halogens is 1. The molecule has 0 saturated carbocycles. The largest absolute Gasteiger partial charge is 0.476 e. The summed E-state index contributed by atoms with van der Waals surface area (Å²) in [5, 5.41) is 16.8. The van der Waals surface area contributed by atoms with Crippen LogP contribution in [0.2, 0.25) is 5.02 Å². The molecule has 6 nitrogen and oxygen atoms in total. The van der Waals surface area contributed by atoms with Crippen LogP contribution in [-0.2, 0) is 0 Å². The van der Waals surface area contributed by atoms with Gasteiger partial charge in [-0.2, -0.15) is 0 Å². The number of nitrogens with two attached hydrogens (primary N) is 1. The van der Waals surface area contributed by atoms with Gasteiger partial charge >= 0.3 is 5.97 Å². The molecule has 2 rings (SSSR count). The first-order chi connectivity index (χ1) is 8.50. The molecular formula is C11H11ClN4O2. The molecule has 1 aromatic heterocycles. The van der Waals surface area contributed by atoms with Crippen LogP contribution in [0.4, 0.5) is 5.82 Å². The number of nitrogen functional groups attached to an aromatic ring is 1. The molecule has 1 heterocycles. The summed E-state index contributed by atoms with van der Waals surface area (Å²) in [7, 11) is 0. The number of aromatic nitrogens is 3. The Balaban J connectivity index is 2.37. The number of nitrogens with zero attached hydrogens (tertiary/aromatic N) is 3. The van der Waals surface area contributed by atoms with Crippen LogP contribution in [0.5, 0.6) is 0 Å². The van der Waals surface area contributed by atoms with Gasteiger partial charge in [-0.25, -0.2) is 9.48 Å². The smallest absolute Gasteiger partial charge is 0.360 e. The van der Waals surface area contributed by atoms with Crippen LogP contribution >= 0.6 is 11.6 Å². The van der Waals surface area contributed by atoms with E-state index in [1.54, 1.807) is 12.1 Å². The summed E-state index contributed by atoms with van der Waals surface area (Å²) >= 11 is 5.80. The molecule has 18 heavy (non-hydrogen) atoms. The quantitative estimate of drug-likeness (QED) is 0.884. The average molecular weight is 267 g/mol. The highest BCUT2D eigenvalue weighted by Crippen LogP contribution is 2.22. The van der Waals surface area contributed by atoms with Crippen LogP contribution in [0.3, 0.4) is 0 Å². The minimum absolute atomic E-state index is 0.0324. The highest BCUT2D eigenvalue weighted by atomic mass is 35.5. The molecule has 94 valence electrons. The Kier molecular flexibility index (Phi) is 3.20. The van der Waals surface area contributed by atoms with Crippen molar-refractivity contribution in [3.63, 3.8) is 0 Å². The molecule has 0 fully saturated rings. The fraction of sp³-hybridized carbons (Fsp3) is 0.182. The Morgan fingerprint density at radius 2 is 2.06 bits per heavy atom. The fourth-order valence-electron chi connectivity index (χ4n) is 1.62. The summed E-state index contributed by atoms with van der Waals surface area (Å²) in [6, 6.07) is 6.93. The monoisotopic (exact) mass is 266 g/mol. The highest BCUT2D eigenvalue weighted by molar-refractivity contribution is 6.30. The van der Waals surface area contributed by atoms with Crippen LogP contribution in [-0.4, -0.2) is 26.1 Å². The van der Waals surface area contributed by atoms with Crippen molar-refractivity contribution >= 4 is 23.4 Å². The molecule has 7 heteroatoms. The topological polar surface area (TPSA) is 94.0 Å². The Labute approximate surface area is 108 Å². The highest BCUT2D eigenvalue weighted by Gasteiger charge is 2.20. The second-order valence-electron chi connectivity index (χ2n) is 3.80. The molecule has 2 aromatic rings. The SMILES string of the molecule is C[C@@H](c1ccc(Cl)cc1)n1nnc(C(=O)O)c1N. The van der Waals surface area contributed by atoms with E-state index in [9.17, 15) is 4.79 Å². The number of benzene rings is 1. The third-order valence-corrected chi connectivity index (χ3v) is 2.90. The van der Waals surface area contributed by atoms with E-state index in [1.165, 1.54) is 4.68 Å². The van der Waals surface area contributed by atoms with Gasteiger partial charge in [0.2, 0.25) is 5.69 Å². The van der Waals surface area contributed by atoms with Crippen LogP contribution in [0, 0.1) is 0 Å². The lowest BCUT2D eigenvalue weighted by atomic mass is 10.1. The van der Waals surface area contributed by atoms with E-state index in [4.69, 9.17) is 22.4 Å². The molecule has 0 spiro atoms. The van der Waals surface area contributed by atoms with Crippen molar-refractivity contribution in [1.29, 1.82) is 0 Å². The van der Waals surface area contributed by atoms with Gasteiger partial charge in [0.05, 0.1) is 6.04 Å². The first-order valence-corrected chi connectivity index (χ1v) is 5.58. The third kappa shape index (κ3) is 2.14. The second kappa shape index (κ2) is 4.66. The van der Waals surface area contributed by atoms with Crippen molar-refractivity contribution in [2.24, 2.45) is 0 Å². The maximum absolute atomic E-state index is 10.8. The first-order valence-electron chi connectivity index (χ1n) is 5.20. The molecule has 0 aliphatic rings. The molecule has 0 radical (unpaired) electrons. The van der Waals surface area contributed by atoms with E-state index in [0.717, 1.165) is 5.56 Å². The number of hydrogen-bond acceptors (Lipinski definition) is 4. The minimum Gasteiger partial charge on any atom is -0.476 e. The van der Waals surface area contributed by atoms with E-state index >= 15 is 0 Å². The van der Waals surface area contributed by atoms with E-state index in [1.807, 2.05) is 19.1 Å². The summed E-state index contributed by atoms with van der Waals surface area (Å²) in [5.74, 6) is -1.16. The number of aromatic carboxylic acids is 1.